The van der Waals surface area contributed by atoms with E-state index in [2.05, 4.69) is 13.8 Å². The zero-order valence-electron chi connectivity index (χ0n) is 18.6. The SMILES string of the molecule is CCCCCC1CCC(COc2ccc(-c3ccc(CCC)cc3)c(F)c2F)CC1. The summed E-state index contributed by atoms with van der Waals surface area (Å²) in [4.78, 5) is 0. The van der Waals surface area contributed by atoms with E-state index in [1.165, 1.54) is 44.1 Å². The van der Waals surface area contributed by atoms with E-state index >= 15 is 0 Å². The van der Waals surface area contributed by atoms with E-state index in [9.17, 15) is 8.78 Å². The van der Waals surface area contributed by atoms with E-state index in [0.29, 0.717) is 18.1 Å². The molecule has 2 aromatic carbocycles. The average Bonchev–Trinajstić information content (AvgIpc) is 2.77. The predicted octanol–water partition coefficient (Wildman–Crippen LogP) is 8.35. The van der Waals surface area contributed by atoms with Crippen molar-refractivity contribution in [2.45, 2.75) is 78.1 Å². The standard InChI is InChI=1S/C27H36F2O/c1-3-5-6-8-21-9-11-22(12-10-21)19-30-25-18-17-24(26(28)27(25)29)23-15-13-20(7-4-2)14-16-23/h13-18,21-22H,3-12,19H2,1-2H3. The first kappa shape index (κ1) is 22.8. The molecule has 0 aliphatic heterocycles. The summed E-state index contributed by atoms with van der Waals surface area (Å²) in [6.45, 7) is 4.84. The second-order valence-electron chi connectivity index (χ2n) is 8.88. The molecule has 1 saturated carbocycles. The Labute approximate surface area is 180 Å². The highest BCUT2D eigenvalue weighted by Crippen LogP contribution is 2.34. The maximum absolute atomic E-state index is 14.7. The van der Waals surface area contributed by atoms with Gasteiger partial charge >= 0.3 is 0 Å². The summed E-state index contributed by atoms with van der Waals surface area (Å²) in [7, 11) is 0. The minimum atomic E-state index is -0.876. The van der Waals surface area contributed by atoms with Gasteiger partial charge in [0, 0.05) is 5.56 Å². The van der Waals surface area contributed by atoms with Gasteiger partial charge in [0.2, 0.25) is 5.82 Å². The summed E-state index contributed by atoms with van der Waals surface area (Å²) in [6.07, 6.45) is 12.1. The molecule has 3 rings (SSSR count). The fraction of sp³-hybridized carbons (Fsp3) is 0.556. The molecule has 0 spiro atoms. The summed E-state index contributed by atoms with van der Waals surface area (Å²) < 4.78 is 35.1. The molecule has 1 aliphatic carbocycles. The van der Waals surface area contributed by atoms with Crippen LogP contribution in [-0.2, 0) is 6.42 Å². The van der Waals surface area contributed by atoms with Crippen LogP contribution >= 0.6 is 0 Å². The van der Waals surface area contributed by atoms with Crippen LogP contribution in [0.25, 0.3) is 11.1 Å². The molecule has 0 aromatic heterocycles. The molecule has 1 nitrogen and oxygen atoms in total. The van der Waals surface area contributed by atoms with Crippen LogP contribution in [0, 0.1) is 23.5 Å². The van der Waals surface area contributed by atoms with Gasteiger partial charge in [0.05, 0.1) is 6.61 Å². The Kier molecular flexibility index (Phi) is 8.72. The second-order valence-corrected chi connectivity index (χ2v) is 8.88. The first-order valence-electron chi connectivity index (χ1n) is 11.8. The number of unbranched alkanes of at least 4 members (excludes halogenated alkanes) is 2. The molecule has 164 valence electrons. The Balaban J connectivity index is 1.55. The molecule has 1 fully saturated rings. The molecule has 2 aromatic rings. The maximum atomic E-state index is 14.7. The number of rotatable bonds is 10. The number of halogens is 2. The average molecular weight is 415 g/mol. The quantitative estimate of drug-likeness (QED) is 0.355. The van der Waals surface area contributed by atoms with Crippen LogP contribution in [0.3, 0.4) is 0 Å². The Morgan fingerprint density at radius 3 is 2.17 bits per heavy atom. The van der Waals surface area contributed by atoms with E-state index in [0.717, 1.165) is 31.6 Å². The van der Waals surface area contributed by atoms with Crippen molar-refractivity contribution in [3.05, 3.63) is 53.6 Å². The molecule has 0 saturated heterocycles. The molecule has 0 amide bonds. The largest absolute Gasteiger partial charge is 0.490 e. The number of ether oxygens (including phenoxy) is 1. The normalized spacial score (nSPS) is 19.1. The number of benzene rings is 2. The minimum Gasteiger partial charge on any atom is -0.490 e. The fourth-order valence-corrected chi connectivity index (χ4v) is 4.58. The summed E-state index contributed by atoms with van der Waals surface area (Å²) in [6, 6.07) is 10.9. The third-order valence-electron chi connectivity index (χ3n) is 6.51. The highest BCUT2D eigenvalue weighted by molar-refractivity contribution is 5.65. The Bertz CT molecular complexity index is 776. The van der Waals surface area contributed by atoms with Gasteiger partial charge in [-0.05, 0) is 54.4 Å². The maximum Gasteiger partial charge on any atom is 0.201 e. The number of hydrogen-bond donors (Lipinski definition) is 0. The van der Waals surface area contributed by atoms with E-state index < -0.39 is 11.6 Å². The van der Waals surface area contributed by atoms with Crippen LogP contribution in [0.4, 0.5) is 8.78 Å². The van der Waals surface area contributed by atoms with Crippen LogP contribution < -0.4 is 4.74 Å². The van der Waals surface area contributed by atoms with Crippen LogP contribution in [0.1, 0.15) is 77.2 Å². The minimum absolute atomic E-state index is 0.0314. The molecular weight excluding hydrogens is 378 g/mol. The summed E-state index contributed by atoms with van der Waals surface area (Å²) in [5.74, 6) is -0.386. The lowest BCUT2D eigenvalue weighted by atomic mass is 9.80. The van der Waals surface area contributed by atoms with Crippen LogP contribution in [0.5, 0.6) is 5.75 Å². The van der Waals surface area contributed by atoms with Gasteiger partial charge in [0.1, 0.15) is 0 Å². The van der Waals surface area contributed by atoms with Crippen molar-refractivity contribution < 1.29 is 13.5 Å². The Morgan fingerprint density at radius 2 is 1.50 bits per heavy atom. The van der Waals surface area contributed by atoms with E-state index in [1.807, 2.05) is 24.3 Å². The zero-order chi connectivity index (χ0) is 21.3. The highest BCUT2D eigenvalue weighted by atomic mass is 19.2. The van der Waals surface area contributed by atoms with Crippen molar-refractivity contribution in [1.29, 1.82) is 0 Å². The lowest BCUT2D eigenvalue weighted by molar-refractivity contribution is 0.172. The van der Waals surface area contributed by atoms with Gasteiger partial charge in [-0.2, -0.15) is 4.39 Å². The first-order chi connectivity index (χ1) is 14.6. The fourth-order valence-electron chi connectivity index (χ4n) is 4.58. The highest BCUT2D eigenvalue weighted by Gasteiger charge is 2.22. The van der Waals surface area contributed by atoms with Crippen molar-refractivity contribution in [3.8, 4) is 16.9 Å². The molecule has 1 aliphatic rings. The van der Waals surface area contributed by atoms with Crippen LogP contribution in [0.15, 0.2) is 36.4 Å². The van der Waals surface area contributed by atoms with Gasteiger partial charge in [-0.3, -0.25) is 0 Å². The van der Waals surface area contributed by atoms with E-state index in [1.54, 1.807) is 12.1 Å². The molecule has 30 heavy (non-hydrogen) atoms. The molecule has 0 radical (unpaired) electrons. The predicted molar refractivity (Wildman–Crippen MR) is 121 cm³/mol. The van der Waals surface area contributed by atoms with Gasteiger partial charge in [-0.25, -0.2) is 4.39 Å². The Morgan fingerprint density at radius 1 is 0.800 bits per heavy atom. The molecule has 3 heteroatoms. The monoisotopic (exact) mass is 414 g/mol. The van der Waals surface area contributed by atoms with Gasteiger partial charge in [0.25, 0.3) is 0 Å². The molecule has 0 bridgehead atoms. The van der Waals surface area contributed by atoms with E-state index in [4.69, 9.17) is 4.74 Å². The first-order valence-corrected chi connectivity index (χ1v) is 11.8. The number of hydrogen-bond acceptors (Lipinski definition) is 1. The van der Waals surface area contributed by atoms with E-state index in [-0.39, 0.29) is 11.3 Å². The molecule has 0 heterocycles. The molecule has 0 N–H and O–H groups in total. The van der Waals surface area contributed by atoms with Crippen molar-refractivity contribution in [1.82, 2.24) is 0 Å². The summed E-state index contributed by atoms with van der Waals surface area (Å²) in [5, 5.41) is 0. The van der Waals surface area contributed by atoms with Gasteiger partial charge < -0.3 is 4.74 Å². The van der Waals surface area contributed by atoms with Crippen molar-refractivity contribution in [3.63, 3.8) is 0 Å². The summed E-state index contributed by atoms with van der Waals surface area (Å²) in [5.41, 5.74) is 2.19. The Hall–Kier alpha value is -1.90. The summed E-state index contributed by atoms with van der Waals surface area (Å²) >= 11 is 0. The molecule has 0 atom stereocenters. The van der Waals surface area contributed by atoms with Crippen LogP contribution in [0.2, 0.25) is 0 Å². The third kappa shape index (κ3) is 6.06. The lowest BCUT2D eigenvalue weighted by Crippen LogP contribution is -2.20. The third-order valence-corrected chi connectivity index (χ3v) is 6.51. The van der Waals surface area contributed by atoms with Crippen LogP contribution in [-0.4, -0.2) is 6.61 Å². The van der Waals surface area contributed by atoms with Crippen molar-refractivity contribution >= 4 is 0 Å². The lowest BCUT2D eigenvalue weighted by Gasteiger charge is -2.28. The smallest absolute Gasteiger partial charge is 0.201 e. The van der Waals surface area contributed by atoms with Gasteiger partial charge in [-0.15, -0.1) is 0 Å². The van der Waals surface area contributed by atoms with Gasteiger partial charge in [0.15, 0.2) is 11.6 Å². The van der Waals surface area contributed by atoms with Crippen molar-refractivity contribution in [2.24, 2.45) is 11.8 Å². The topological polar surface area (TPSA) is 9.23 Å². The number of aryl methyl sites for hydroxylation is 1. The molecule has 0 unspecified atom stereocenters. The van der Waals surface area contributed by atoms with Crippen molar-refractivity contribution in [2.75, 3.05) is 6.61 Å². The zero-order valence-corrected chi connectivity index (χ0v) is 18.6. The second kappa shape index (κ2) is 11.5. The molecular formula is C27H36F2O. The van der Waals surface area contributed by atoms with Gasteiger partial charge in [-0.1, -0.05) is 83.1 Å².